The van der Waals surface area contributed by atoms with Crippen LogP contribution in [0.2, 0.25) is 0 Å². The summed E-state index contributed by atoms with van der Waals surface area (Å²) in [6.07, 6.45) is 2.15. The van der Waals surface area contributed by atoms with Crippen molar-refractivity contribution in [2.24, 2.45) is 23.6 Å². The second-order valence-corrected chi connectivity index (χ2v) is 6.12. The fraction of sp³-hybridized carbons (Fsp3) is 0.692. The summed E-state index contributed by atoms with van der Waals surface area (Å²) >= 11 is 0. The van der Waals surface area contributed by atoms with Gasteiger partial charge in [0.05, 0.1) is 12.1 Å². The average molecular weight is 261 g/mol. The second-order valence-electron chi connectivity index (χ2n) is 6.12. The van der Waals surface area contributed by atoms with Gasteiger partial charge in [-0.25, -0.2) is 10.8 Å². The fourth-order valence-electron chi connectivity index (χ4n) is 4.44. The van der Waals surface area contributed by atoms with Crippen LogP contribution in [-0.4, -0.2) is 33.8 Å². The lowest BCUT2D eigenvalue weighted by atomic mass is 9.88. The van der Waals surface area contributed by atoms with E-state index in [-0.39, 0.29) is 12.1 Å². The number of aliphatic hydroxyl groups is 1. The molecular formula is C13H19N5O. The largest absolute Gasteiger partial charge is 0.391 e. The number of aryl methyl sites for hydroxylation is 1. The van der Waals surface area contributed by atoms with Crippen LogP contribution < -0.4 is 16.2 Å². The Kier molecular flexibility index (Phi) is 2.29. The third kappa shape index (κ3) is 1.50. The minimum atomic E-state index is -0.201. The molecule has 4 rings (SSSR count). The minimum absolute atomic E-state index is 0.201. The number of hydrogen-bond acceptors (Lipinski definition) is 6. The molecule has 2 heterocycles. The van der Waals surface area contributed by atoms with Crippen molar-refractivity contribution in [2.75, 3.05) is 16.9 Å². The summed E-state index contributed by atoms with van der Waals surface area (Å²) in [7, 11) is 0. The lowest BCUT2D eigenvalue weighted by molar-refractivity contribution is 0.0965. The van der Waals surface area contributed by atoms with Crippen LogP contribution in [0.15, 0.2) is 6.07 Å². The summed E-state index contributed by atoms with van der Waals surface area (Å²) in [6.45, 7) is 2.94. The number of rotatable bonds is 2. The van der Waals surface area contributed by atoms with E-state index in [2.05, 4.69) is 20.3 Å². The molecule has 0 radical (unpaired) electrons. The summed E-state index contributed by atoms with van der Waals surface area (Å²) in [5.74, 6) is 8.61. The van der Waals surface area contributed by atoms with E-state index in [0.717, 1.165) is 24.0 Å². The molecular weight excluding hydrogens is 242 g/mol. The lowest BCUT2D eigenvalue weighted by Gasteiger charge is -2.29. The van der Waals surface area contributed by atoms with Crippen molar-refractivity contribution in [3.8, 4) is 0 Å². The third-order valence-corrected chi connectivity index (χ3v) is 5.11. The van der Waals surface area contributed by atoms with Crippen LogP contribution in [0.5, 0.6) is 0 Å². The minimum Gasteiger partial charge on any atom is -0.391 e. The van der Waals surface area contributed by atoms with Crippen molar-refractivity contribution in [3.05, 3.63) is 11.8 Å². The van der Waals surface area contributed by atoms with Gasteiger partial charge in [0, 0.05) is 18.3 Å². The topological polar surface area (TPSA) is 87.3 Å². The van der Waals surface area contributed by atoms with E-state index < -0.39 is 0 Å². The van der Waals surface area contributed by atoms with Gasteiger partial charge in [-0.3, -0.25) is 5.43 Å². The van der Waals surface area contributed by atoms with Gasteiger partial charge in [0.25, 0.3) is 0 Å². The van der Waals surface area contributed by atoms with Gasteiger partial charge in [0.15, 0.2) is 0 Å². The van der Waals surface area contributed by atoms with Crippen molar-refractivity contribution in [3.63, 3.8) is 0 Å². The van der Waals surface area contributed by atoms with E-state index in [0.29, 0.717) is 17.8 Å². The number of nitrogens with zero attached hydrogens (tertiary/aromatic N) is 3. The Morgan fingerprint density at radius 1 is 1.37 bits per heavy atom. The van der Waals surface area contributed by atoms with Crippen molar-refractivity contribution >= 4 is 11.8 Å². The highest BCUT2D eigenvalue weighted by Gasteiger charge is 2.59. The van der Waals surface area contributed by atoms with Gasteiger partial charge in [0.1, 0.15) is 5.82 Å². The molecule has 4 N–H and O–H groups in total. The standard InChI is InChI=1S/C13H19N5O/c1-6-2-10(16-13(15-6)17-14)18-5-8-3-7-4-9(8)11(18)12(7)19/h2,7-9,11-12,19H,3-5,14H2,1H3,(H,15,16,17). The van der Waals surface area contributed by atoms with E-state index in [1.807, 2.05) is 13.0 Å². The van der Waals surface area contributed by atoms with E-state index in [9.17, 15) is 5.11 Å². The zero-order valence-corrected chi connectivity index (χ0v) is 11.0. The summed E-state index contributed by atoms with van der Waals surface area (Å²) in [6, 6.07) is 2.22. The van der Waals surface area contributed by atoms with Gasteiger partial charge >= 0.3 is 0 Å². The molecule has 2 saturated carbocycles. The Bertz CT molecular complexity index is 520. The Hall–Kier alpha value is -1.40. The molecule has 19 heavy (non-hydrogen) atoms. The molecule has 3 fully saturated rings. The summed E-state index contributed by atoms with van der Waals surface area (Å²) in [5, 5.41) is 10.4. The predicted octanol–water partition coefficient (Wildman–Crippen LogP) is 0.276. The highest BCUT2D eigenvalue weighted by molar-refractivity contribution is 5.48. The number of aromatic nitrogens is 2. The molecule has 2 bridgehead atoms. The first-order valence-corrected chi connectivity index (χ1v) is 6.94. The van der Waals surface area contributed by atoms with Crippen LogP contribution in [0.1, 0.15) is 18.5 Å². The molecule has 5 atom stereocenters. The summed E-state index contributed by atoms with van der Waals surface area (Å²) in [4.78, 5) is 10.9. The van der Waals surface area contributed by atoms with Crippen molar-refractivity contribution in [2.45, 2.75) is 31.9 Å². The predicted molar refractivity (Wildman–Crippen MR) is 71.4 cm³/mol. The highest BCUT2D eigenvalue weighted by atomic mass is 16.3. The first-order valence-electron chi connectivity index (χ1n) is 6.94. The first-order chi connectivity index (χ1) is 9.17. The molecule has 0 amide bonds. The van der Waals surface area contributed by atoms with E-state index in [1.54, 1.807) is 0 Å². The molecule has 0 spiro atoms. The first kappa shape index (κ1) is 11.4. The number of hydrogen-bond donors (Lipinski definition) is 3. The molecule has 102 valence electrons. The number of fused-ring (bicyclic) bond motifs is 1. The zero-order chi connectivity index (χ0) is 13.1. The van der Waals surface area contributed by atoms with E-state index >= 15 is 0 Å². The van der Waals surface area contributed by atoms with Gasteiger partial charge in [-0.1, -0.05) is 0 Å². The normalized spacial score (nSPS) is 39.1. The average Bonchev–Trinajstić information content (AvgIpc) is 2.99. The Morgan fingerprint density at radius 2 is 2.21 bits per heavy atom. The van der Waals surface area contributed by atoms with Crippen LogP contribution in [0, 0.1) is 24.7 Å². The molecule has 1 aromatic rings. The summed E-state index contributed by atoms with van der Waals surface area (Å²) in [5.41, 5.74) is 3.40. The molecule has 6 nitrogen and oxygen atoms in total. The number of nitrogens with one attached hydrogen (secondary N) is 1. The fourth-order valence-corrected chi connectivity index (χ4v) is 4.44. The molecule has 3 aliphatic rings. The number of aliphatic hydroxyl groups excluding tert-OH is 1. The Labute approximate surface area is 112 Å². The Morgan fingerprint density at radius 3 is 2.95 bits per heavy atom. The maximum atomic E-state index is 10.4. The number of hydrazine groups is 1. The van der Waals surface area contributed by atoms with Crippen LogP contribution in [0.25, 0.3) is 0 Å². The third-order valence-electron chi connectivity index (χ3n) is 5.11. The van der Waals surface area contributed by atoms with Gasteiger partial charge in [0.2, 0.25) is 5.95 Å². The molecule has 2 aliphatic carbocycles. The molecule has 0 aromatic carbocycles. The van der Waals surface area contributed by atoms with Crippen molar-refractivity contribution in [1.29, 1.82) is 0 Å². The van der Waals surface area contributed by atoms with Crippen LogP contribution in [0.4, 0.5) is 11.8 Å². The molecule has 5 unspecified atom stereocenters. The second kappa shape index (κ2) is 3.80. The van der Waals surface area contributed by atoms with Gasteiger partial charge in [-0.15, -0.1) is 0 Å². The van der Waals surface area contributed by atoms with Gasteiger partial charge in [-0.2, -0.15) is 4.98 Å². The van der Waals surface area contributed by atoms with Crippen LogP contribution in [-0.2, 0) is 0 Å². The SMILES string of the molecule is Cc1cc(N2CC3CC4CC3C2C4O)nc(NN)n1. The lowest BCUT2D eigenvalue weighted by Crippen LogP contribution is -2.41. The maximum absolute atomic E-state index is 10.4. The molecule has 1 aromatic heterocycles. The highest BCUT2D eigenvalue weighted by Crippen LogP contribution is 2.55. The van der Waals surface area contributed by atoms with E-state index in [4.69, 9.17) is 5.84 Å². The van der Waals surface area contributed by atoms with Crippen LogP contribution >= 0.6 is 0 Å². The molecule has 1 aliphatic heterocycles. The maximum Gasteiger partial charge on any atom is 0.239 e. The van der Waals surface area contributed by atoms with Gasteiger partial charge in [-0.05, 0) is 37.5 Å². The van der Waals surface area contributed by atoms with Crippen molar-refractivity contribution < 1.29 is 5.11 Å². The quantitative estimate of drug-likeness (QED) is 0.523. The number of nitrogens with two attached hydrogens (primary N) is 1. The zero-order valence-electron chi connectivity index (χ0n) is 11.0. The number of nitrogen functional groups attached to an aromatic ring is 1. The smallest absolute Gasteiger partial charge is 0.239 e. The van der Waals surface area contributed by atoms with Gasteiger partial charge < -0.3 is 10.0 Å². The number of anilines is 2. The summed E-state index contributed by atoms with van der Waals surface area (Å²) < 4.78 is 0. The van der Waals surface area contributed by atoms with Crippen molar-refractivity contribution in [1.82, 2.24) is 9.97 Å². The van der Waals surface area contributed by atoms with E-state index in [1.165, 1.54) is 12.8 Å². The van der Waals surface area contributed by atoms with Crippen LogP contribution in [0.3, 0.4) is 0 Å². The molecule has 1 saturated heterocycles. The molecule has 6 heteroatoms. The monoisotopic (exact) mass is 261 g/mol. The Balaban J connectivity index is 1.72.